The van der Waals surface area contributed by atoms with E-state index in [1.807, 2.05) is 30.3 Å². The molecule has 0 spiro atoms. The molecule has 0 fully saturated rings. The maximum atomic E-state index is 10.6. The Hall–Kier alpha value is -1.85. The standard InChI is InChI=1S/C15H13BrN2O2/c1-20-11-4-2-3-9(5-11)14(19)13-8-18-15-12(13)6-10(16)7-17-15/h2-8,14,19H,1H3,(H,17,18). The first kappa shape index (κ1) is 13.1. The monoisotopic (exact) mass is 332 g/mol. The molecule has 0 bridgehead atoms. The van der Waals surface area contributed by atoms with Crippen molar-refractivity contribution in [1.29, 1.82) is 0 Å². The average molecular weight is 333 g/mol. The molecule has 0 aliphatic carbocycles. The van der Waals surface area contributed by atoms with Crippen LogP contribution in [0.25, 0.3) is 11.0 Å². The summed E-state index contributed by atoms with van der Waals surface area (Å²) in [5, 5.41) is 11.5. The number of fused-ring (bicyclic) bond motifs is 1. The summed E-state index contributed by atoms with van der Waals surface area (Å²) in [5.74, 6) is 0.723. The highest BCUT2D eigenvalue weighted by molar-refractivity contribution is 9.10. The van der Waals surface area contributed by atoms with Gasteiger partial charge < -0.3 is 14.8 Å². The molecule has 0 saturated carbocycles. The SMILES string of the molecule is COc1cccc(C(O)c2c[nH]c3ncc(Br)cc23)c1. The summed E-state index contributed by atoms with van der Waals surface area (Å²) in [4.78, 5) is 7.34. The maximum Gasteiger partial charge on any atom is 0.137 e. The molecule has 0 radical (unpaired) electrons. The number of pyridine rings is 1. The first-order chi connectivity index (χ1) is 9.69. The first-order valence-electron chi connectivity index (χ1n) is 6.13. The van der Waals surface area contributed by atoms with Crippen LogP contribution in [0.5, 0.6) is 5.75 Å². The van der Waals surface area contributed by atoms with Gasteiger partial charge >= 0.3 is 0 Å². The molecule has 0 aliphatic rings. The van der Waals surface area contributed by atoms with E-state index in [1.165, 1.54) is 0 Å². The highest BCUT2D eigenvalue weighted by Crippen LogP contribution is 2.30. The fourth-order valence-corrected chi connectivity index (χ4v) is 2.55. The summed E-state index contributed by atoms with van der Waals surface area (Å²) in [5.41, 5.74) is 2.33. The molecule has 1 aromatic carbocycles. The van der Waals surface area contributed by atoms with Crippen LogP contribution in [0.4, 0.5) is 0 Å². The minimum atomic E-state index is -0.727. The van der Waals surface area contributed by atoms with E-state index >= 15 is 0 Å². The van der Waals surface area contributed by atoms with E-state index in [4.69, 9.17) is 4.74 Å². The van der Waals surface area contributed by atoms with Crippen molar-refractivity contribution < 1.29 is 9.84 Å². The van der Waals surface area contributed by atoms with Crippen LogP contribution in [-0.4, -0.2) is 22.2 Å². The second-order valence-electron chi connectivity index (χ2n) is 4.47. The van der Waals surface area contributed by atoms with Gasteiger partial charge in [0.1, 0.15) is 17.5 Å². The lowest BCUT2D eigenvalue weighted by molar-refractivity contribution is 0.221. The maximum absolute atomic E-state index is 10.6. The molecule has 0 saturated heterocycles. The number of benzene rings is 1. The van der Waals surface area contributed by atoms with Crippen molar-refractivity contribution in [2.45, 2.75) is 6.10 Å². The van der Waals surface area contributed by atoms with E-state index in [1.54, 1.807) is 19.5 Å². The van der Waals surface area contributed by atoms with Gasteiger partial charge in [0.15, 0.2) is 0 Å². The number of aromatic amines is 1. The molecule has 2 aromatic heterocycles. The Morgan fingerprint density at radius 2 is 2.20 bits per heavy atom. The zero-order valence-electron chi connectivity index (χ0n) is 10.8. The highest BCUT2D eigenvalue weighted by atomic mass is 79.9. The molecule has 1 unspecified atom stereocenters. The topological polar surface area (TPSA) is 58.1 Å². The van der Waals surface area contributed by atoms with Crippen LogP contribution in [0.15, 0.2) is 47.2 Å². The van der Waals surface area contributed by atoms with Gasteiger partial charge in [0.05, 0.1) is 7.11 Å². The summed E-state index contributed by atoms with van der Waals surface area (Å²) in [7, 11) is 1.61. The third-order valence-corrected chi connectivity index (χ3v) is 3.67. The number of nitrogens with one attached hydrogen (secondary N) is 1. The lowest BCUT2D eigenvalue weighted by Crippen LogP contribution is -1.99. The average Bonchev–Trinajstić information content (AvgIpc) is 2.89. The zero-order chi connectivity index (χ0) is 14.1. The summed E-state index contributed by atoms with van der Waals surface area (Å²) in [6, 6.07) is 9.36. The smallest absolute Gasteiger partial charge is 0.137 e. The van der Waals surface area contributed by atoms with E-state index in [2.05, 4.69) is 25.9 Å². The molecule has 20 heavy (non-hydrogen) atoms. The van der Waals surface area contributed by atoms with E-state index in [-0.39, 0.29) is 0 Å². The molecule has 2 heterocycles. The van der Waals surface area contributed by atoms with Gasteiger partial charge in [-0.05, 0) is 39.7 Å². The molecule has 0 amide bonds. The van der Waals surface area contributed by atoms with Crippen molar-refractivity contribution in [3.8, 4) is 5.75 Å². The second-order valence-corrected chi connectivity index (χ2v) is 5.39. The van der Waals surface area contributed by atoms with Crippen molar-refractivity contribution in [2.24, 2.45) is 0 Å². The van der Waals surface area contributed by atoms with Gasteiger partial charge in [-0.15, -0.1) is 0 Å². The van der Waals surface area contributed by atoms with Crippen molar-refractivity contribution in [2.75, 3.05) is 7.11 Å². The molecule has 3 aromatic rings. The molecule has 102 valence electrons. The Balaban J connectivity index is 2.07. The molecule has 3 rings (SSSR count). The number of aliphatic hydroxyl groups excluding tert-OH is 1. The van der Waals surface area contributed by atoms with Crippen molar-refractivity contribution in [1.82, 2.24) is 9.97 Å². The number of aromatic nitrogens is 2. The normalized spacial score (nSPS) is 12.6. The Kier molecular flexibility index (Phi) is 3.46. The van der Waals surface area contributed by atoms with Crippen LogP contribution in [-0.2, 0) is 0 Å². The van der Waals surface area contributed by atoms with E-state index in [9.17, 15) is 5.11 Å². The zero-order valence-corrected chi connectivity index (χ0v) is 12.4. The summed E-state index contributed by atoms with van der Waals surface area (Å²) >= 11 is 3.40. The van der Waals surface area contributed by atoms with E-state index < -0.39 is 6.10 Å². The van der Waals surface area contributed by atoms with Gasteiger partial charge in [-0.3, -0.25) is 0 Å². The number of hydrogen-bond acceptors (Lipinski definition) is 3. The van der Waals surface area contributed by atoms with Crippen LogP contribution in [0.3, 0.4) is 0 Å². The third kappa shape index (κ3) is 2.30. The van der Waals surface area contributed by atoms with Crippen LogP contribution >= 0.6 is 15.9 Å². The largest absolute Gasteiger partial charge is 0.497 e. The van der Waals surface area contributed by atoms with E-state index in [0.29, 0.717) is 0 Å². The van der Waals surface area contributed by atoms with Gasteiger partial charge in [-0.25, -0.2) is 4.98 Å². The lowest BCUT2D eigenvalue weighted by Gasteiger charge is -2.11. The minimum Gasteiger partial charge on any atom is -0.497 e. The molecule has 4 nitrogen and oxygen atoms in total. The fraction of sp³-hybridized carbons (Fsp3) is 0.133. The second kappa shape index (κ2) is 5.26. The van der Waals surface area contributed by atoms with Crippen molar-refractivity contribution in [3.63, 3.8) is 0 Å². The summed E-state index contributed by atoms with van der Waals surface area (Å²) in [6.07, 6.45) is 2.78. The number of halogens is 1. The molecule has 2 N–H and O–H groups in total. The minimum absolute atomic E-state index is 0.723. The number of ether oxygens (including phenoxy) is 1. The predicted molar refractivity (Wildman–Crippen MR) is 80.8 cm³/mol. The molecule has 1 atom stereocenters. The Labute approximate surface area is 124 Å². The molecule has 0 aliphatic heterocycles. The summed E-state index contributed by atoms with van der Waals surface area (Å²) < 4.78 is 6.07. The summed E-state index contributed by atoms with van der Waals surface area (Å²) in [6.45, 7) is 0. The predicted octanol–water partition coefficient (Wildman–Crippen LogP) is 3.42. The number of rotatable bonds is 3. The van der Waals surface area contributed by atoms with Crippen LogP contribution < -0.4 is 4.74 Å². The van der Waals surface area contributed by atoms with Gasteiger partial charge in [-0.2, -0.15) is 0 Å². The van der Waals surface area contributed by atoms with Crippen molar-refractivity contribution >= 4 is 27.0 Å². The highest BCUT2D eigenvalue weighted by Gasteiger charge is 2.16. The first-order valence-corrected chi connectivity index (χ1v) is 6.93. The van der Waals surface area contributed by atoms with Gasteiger partial charge in [0, 0.05) is 27.8 Å². The number of nitrogens with zero attached hydrogens (tertiary/aromatic N) is 1. The number of aliphatic hydroxyl groups is 1. The Bertz CT molecular complexity index is 754. The van der Waals surface area contributed by atoms with Gasteiger partial charge in [-0.1, -0.05) is 12.1 Å². The van der Waals surface area contributed by atoms with Gasteiger partial charge in [0.25, 0.3) is 0 Å². The van der Waals surface area contributed by atoms with Crippen LogP contribution in [0, 0.1) is 0 Å². The number of hydrogen-bond donors (Lipinski definition) is 2. The Morgan fingerprint density at radius 3 is 3.00 bits per heavy atom. The fourth-order valence-electron chi connectivity index (χ4n) is 2.22. The number of H-pyrrole nitrogens is 1. The molecular formula is C15H13BrN2O2. The van der Waals surface area contributed by atoms with Crippen LogP contribution in [0.1, 0.15) is 17.2 Å². The lowest BCUT2D eigenvalue weighted by atomic mass is 10.0. The quantitative estimate of drug-likeness (QED) is 0.772. The van der Waals surface area contributed by atoms with Crippen LogP contribution in [0.2, 0.25) is 0 Å². The molecule has 5 heteroatoms. The molecular weight excluding hydrogens is 320 g/mol. The Morgan fingerprint density at radius 1 is 1.35 bits per heavy atom. The van der Waals surface area contributed by atoms with Gasteiger partial charge in [0.2, 0.25) is 0 Å². The van der Waals surface area contributed by atoms with Crippen molar-refractivity contribution in [3.05, 3.63) is 58.3 Å². The third-order valence-electron chi connectivity index (χ3n) is 3.23. The number of methoxy groups -OCH3 is 1. The van der Waals surface area contributed by atoms with E-state index in [0.717, 1.165) is 32.4 Å².